The molecule has 3 aromatic carbocycles. The zero-order valence-corrected chi connectivity index (χ0v) is 18.5. The number of nitrogens with one attached hydrogen (secondary N) is 1. The molecular formula is C25H23N3O3S. The van der Waals surface area contributed by atoms with Crippen molar-refractivity contribution >= 4 is 39.5 Å². The fourth-order valence-corrected chi connectivity index (χ4v) is 4.25. The number of pyridine rings is 1. The third kappa shape index (κ3) is 4.39. The Morgan fingerprint density at radius 2 is 1.66 bits per heavy atom. The summed E-state index contributed by atoms with van der Waals surface area (Å²) in [6.07, 6.45) is 1.63. The van der Waals surface area contributed by atoms with E-state index in [1.54, 1.807) is 48.7 Å². The first kappa shape index (κ1) is 21.7. The van der Waals surface area contributed by atoms with Gasteiger partial charge in [-0.3, -0.25) is 14.3 Å². The summed E-state index contributed by atoms with van der Waals surface area (Å²) in [4.78, 5) is 17.6. The lowest BCUT2D eigenvalue weighted by Crippen LogP contribution is -2.29. The predicted octanol–water partition coefficient (Wildman–Crippen LogP) is 5.31. The van der Waals surface area contributed by atoms with Crippen molar-refractivity contribution in [1.29, 1.82) is 0 Å². The monoisotopic (exact) mass is 445 g/mol. The maximum absolute atomic E-state index is 13.2. The highest BCUT2D eigenvalue weighted by atomic mass is 32.2. The molecule has 0 spiro atoms. The number of para-hydroxylation sites is 2. The fourth-order valence-electron chi connectivity index (χ4n) is 3.61. The molecule has 0 fully saturated rings. The molecule has 0 bridgehead atoms. The van der Waals surface area contributed by atoms with Crippen LogP contribution in [0.1, 0.15) is 34.5 Å². The van der Waals surface area contributed by atoms with E-state index in [1.807, 2.05) is 50.2 Å². The van der Waals surface area contributed by atoms with Crippen LogP contribution in [0.5, 0.6) is 0 Å². The van der Waals surface area contributed by atoms with Gasteiger partial charge in [0, 0.05) is 11.6 Å². The van der Waals surface area contributed by atoms with Gasteiger partial charge < -0.3 is 5.32 Å². The lowest BCUT2D eigenvalue weighted by atomic mass is 10.1. The second-order valence-electron chi connectivity index (χ2n) is 7.50. The van der Waals surface area contributed by atoms with E-state index >= 15 is 0 Å². The van der Waals surface area contributed by atoms with E-state index in [4.69, 9.17) is 0 Å². The van der Waals surface area contributed by atoms with Gasteiger partial charge in [-0.1, -0.05) is 60.2 Å². The van der Waals surface area contributed by atoms with Crippen molar-refractivity contribution in [3.8, 4) is 0 Å². The van der Waals surface area contributed by atoms with E-state index in [0.717, 1.165) is 16.5 Å². The molecule has 4 aromatic rings. The molecule has 32 heavy (non-hydrogen) atoms. The van der Waals surface area contributed by atoms with Crippen LogP contribution in [0.15, 0.2) is 85.1 Å². The highest BCUT2D eigenvalue weighted by Crippen LogP contribution is 2.34. The molecule has 2 N–H and O–H groups in total. The van der Waals surface area contributed by atoms with Gasteiger partial charge in [-0.15, -0.1) is 0 Å². The van der Waals surface area contributed by atoms with Crippen molar-refractivity contribution in [3.63, 3.8) is 0 Å². The molecule has 0 radical (unpaired) electrons. The SMILES string of the molecule is Cc1ccc(C(C)NC(=O)c2ccccc2N(c2cccc3cccnc23)S(=O)O)cc1. The summed E-state index contributed by atoms with van der Waals surface area (Å²) >= 11 is -2.43. The lowest BCUT2D eigenvalue weighted by molar-refractivity contribution is 0.0940. The number of anilines is 2. The molecule has 6 nitrogen and oxygen atoms in total. The molecular weight excluding hydrogens is 422 g/mol. The second kappa shape index (κ2) is 9.30. The first-order valence-corrected chi connectivity index (χ1v) is 11.2. The van der Waals surface area contributed by atoms with Crippen LogP contribution in [0.2, 0.25) is 0 Å². The van der Waals surface area contributed by atoms with Crippen LogP contribution in [0, 0.1) is 6.92 Å². The van der Waals surface area contributed by atoms with E-state index in [1.165, 1.54) is 4.31 Å². The molecule has 2 unspecified atom stereocenters. The van der Waals surface area contributed by atoms with Crippen LogP contribution < -0.4 is 9.62 Å². The largest absolute Gasteiger partial charge is 0.345 e. The van der Waals surface area contributed by atoms with Gasteiger partial charge >= 0.3 is 0 Å². The smallest absolute Gasteiger partial charge is 0.266 e. The van der Waals surface area contributed by atoms with Gasteiger partial charge in [-0.05, 0) is 43.7 Å². The third-order valence-electron chi connectivity index (χ3n) is 5.28. The van der Waals surface area contributed by atoms with Crippen LogP contribution in [0.25, 0.3) is 10.9 Å². The number of benzene rings is 3. The number of hydrogen-bond donors (Lipinski definition) is 2. The number of hydrogen-bond acceptors (Lipinski definition) is 3. The summed E-state index contributed by atoms with van der Waals surface area (Å²) in [5, 5.41) is 3.82. The van der Waals surface area contributed by atoms with E-state index in [2.05, 4.69) is 10.3 Å². The Hall–Kier alpha value is -3.55. The zero-order chi connectivity index (χ0) is 22.7. The average molecular weight is 446 g/mol. The van der Waals surface area contributed by atoms with Crippen molar-refractivity contribution in [2.75, 3.05) is 4.31 Å². The van der Waals surface area contributed by atoms with Crippen molar-refractivity contribution in [3.05, 3.63) is 102 Å². The number of rotatable bonds is 6. The Morgan fingerprint density at radius 3 is 2.41 bits per heavy atom. The van der Waals surface area contributed by atoms with Gasteiger partial charge in [0.05, 0.1) is 28.5 Å². The molecule has 0 saturated heterocycles. The average Bonchev–Trinajstić information content (AvgIpc) is 2.80. The molecule has 0 aliphatic heterocycles. The molecule has 1 heterocycles. The normalized spacial score (nSPS) is 12.8. The van der Waals surface area contributed by atoms with Gasteiger partial charge in [0.25, 0.3) is 17.2 Å². The van der Waals surface area contributed by atoms with Crippen molar-refractivity contribution in [2.45, 2.75) is 19.9 Å². The Morgan fingerprint density at radius 1 is 0.969 bits per heavy atom. The Bertz CT molecular complexity index is 1290. The van der Waals surface area contributed by atoms with Crippen LogP contribution in [0.4, 0.5) is 11.4 Å². The minimum Gasteiger partial charge on any atom is -0.345 e. The standard InChI is InChI=1S/C25H23N3O3S/c1-17-12-14-19(15-13-17)18(2)27-25(29)21-9-3-4-10-22(21)28(32(30)31)23-11-5-7-20-8-6-16-26-24(20)23/h3-16,18H,1-2H3,(H,27,29)(H,30,31). The Labute approximate surface area is 189 Å². The molecule has 2 atom stereocenters. The van der Waals surface area contributed by atoms with E-state index in [9.17, 15) is 13.6 Å². The number of aromatic nitrogens is 1. The first-order chi connectivity index (χ1) is 15.5. The number of aryl methyl sites for hydroxylation is 1. The molecule has 162 valence electrons. The quantitative estimate of drug-likeness (QED) is 0.394. The van der Waals surface area contributed by atoms with Gasteiger partial charge in [-0.25, -0.2) is 8.51 Å². The second-order valence-corrected chi connectivity index (χ2v) is 8.33. The van der Waals surface area contributed by atoms with Crippen molar-refractivity contribution in [1.82, 2.24) is 10.3 Å². The van der Waals surface area contributed by atoms with Gasteiger partial charge in [0.15, 0.2) is 0 Å². The minimum absolute atomic E-state index is 0.233. The van der Waals surface area contributed by atoms with Crippen LogP contribution in [-0.4, -0.2) is 19.7 Å². The summed E-state index contributed by atoms with van der Waals surface area (Å²) < 4.78 is 23.9. The highest BCUT2D eigenvalue weighted by Gasteiger charge is 2.24. The van der Waals surface area contributed by atoms with E-state index < -0.39 is 11.3 Å². The Balaban J connectivity index is 1.73. The van der Waals surface area contributed by atoms with Crippen LogP contribution in [0.3, 0.4) is 0 Å². The number of carbonyl (C=O) groups is 1. The third-order valence-corrected chi connectivity index (χ3v) is 5.98. The minimum atomic E-state index is -2.43. The maximum atomic E-state index is 13.2. The van der Waals surface area contributed by atoms with Gasteiger partial charge in [0.1, 0.15) is 0 Å². The molecule has 0 aliphatic carbocycles. The zero-order valence-electron chi connectivity index (χ0n) is 17.7. The number of carbonyl (C=O) groups excluding carboxylic acids is 1. The topological polar surface area (TPSA) is 82.5 Å². The van der Waals surface area contributed by atoms with Gasteiger partial charge in [-0.2, -0.15) is 0 Å². The van der Waals surface area contributed by atoms with Crippen molar-refractivity contribution < 1.29 is 13.6 Å². The van der Waals surface area contributed by atoms with Crippen LogP contribution in [-0.2, 0) is 11.3 Å². The van der Waals surface area contributed by atoms with E-state index in [0.29, 0.717) is 22.5 Å². The number of nitrogens with zero attached hydrogens (tertiary/aromatic N) is 2. The van der Waals surface area contributed by atoms with Gasteiger partial charge in [0.2, 0.25) is 0 Å². The Kier molecular flexibility index (Phi) is 6.30. The molecule has 1 amide bonds. The molecule has 4 rings (SSSR count). The first-order valence-electron chi connectivity index (χ1n) is 10.2. The summed E-state index contributed by atoms with van der Waals surface area (Å²) in [5.41, 5.74) is 3.74. The number of fused-ring (bicyclic) bond motifs is 1. The summed E-state index contributed by atoms with van der Waals surface area (Å²) in [5.74, 6) is -0.336. The number of amides is 1. The predicted molar refractivity (Wildman–Crippen MR) is 128 cm³/mol. The van der Waals surface area contributed by atoms with E-state index in [-0.39, 0.29) is 11.9 Å². The van der Waals surface area contributed by atoms with Crippen molar-refractivity contribution in [2.24, 2.45) is 0 Å². The molecule has 0 aliphatic rings. The highest BCUT2D eigenvalue weighted by molar-refractivity contribution is 7.81. The van der Waals surface area contributed by atoms with Crippen LogP contribution >= 0.6 is 0 Å². The summed E-state index contributed by atoms with van der Waals surface area (Å²) in [6.45, 7) is 3.91. The lowest BCUT2D eigenvalue weighted by Gasteiger charge is -2.24. The fraction of sp³-hybridized carbons (Fsp3) is 0.120. The molecule has 0 saturated carbocycles. The molecule has 7 heteroatoms. The maximum Gasteiger partial charge on any atom is 0.266 e. The summed E-state index contributed by atoms with van der Waals surface area (Å²) in [7, 11) is 0. The molecule has 1 aromatic heterocycles. The summed E-state index contributed by atoms with van der Waals surface area (Å²) in [6, 6.07) is 23.5.